The minimum absolute atomic E-state index is 0.0870. The molecule has 0 bridgehead atoms. The summed E-state index contributed by atoms with van der Waals surface area (Å²) >= 11 is 8.53. The summed E-state index contributed by atoms with van der Waals surface area (Å²) in [5, 5.41) is 0.272. The molecule has 1 saturated heterocycles. The Morgan fingerprint density at radius 2 is 1.86 bits per heavy atom. The molecule has 2 nitrogen and oxygen atoms in total. The number of hydrogen-bond acceptors (Lipinski definition) is 3. The number of benzene rings is 1. The van der Waals surface area contributed by atoms with Gasteiger partial charge in [-0.1, -0.05) is 25.1 Å². The molecule has 0 unspecified atom stereocenters. The fourth-order valence-corrected chi connectivity index (χ4v) is 5.70. The van der Waals surface area contributed by atoms with Gasteiger partial charge in [-0.3, -0.25) is 0 Å². The van der Waals surface area contributed by atoms with Gasteiger partial charge < -0.3 is 9.47 Å². The van der Waals surface area contributed by atoms with Gasteiger partial charge in [0.1, 0.15) is 5.60 Å². The Labute approximate surface area is 136 Å². The van der Waals surface area contributed by atoms with E-state index in [2.05, 4.69) is 38.1 Å². The monoisotopic (exact) mass is 326 g/mol. The normalized spacial score (nSPS) is 41.8. The van der Waals surface area contributed by atoms with Crippen LogP contribution < -0.4 is 0 Å². The molecule has 116 valence electrons. The van der Waals surface area contributed by atoms with E-state index >= 15 is 0 Å². The minimum Gasteiger partial charge on any atom is -0.344 e. The highest BCUT2D eigenvalue weighted by Gasteiger charge is 2.60. The van der Waals surface area contributed by atoms with Crippen molar-refractivity contribution >= 4 is 23.4 Å². The summed E-state index contributed by atoms with van der Waals surface area (Å²) < 4.78 is 12.5. The lowest BCUT2D eigenvalue weighted by Gasteiger charge is -2.45. The lowest BCUT2D eigenvalue weighted by molar-refractivity contribution is -0.160. The van der Waals surface area contributed by atoms with Gasteiger partial charge in [0.15, 0.2) is 5.79 Å². The highest BCUT2D eigenvalue weighted by molar-refractivity contribution is 8.00. The van der Waals surface area contributed by atoms with Crippen LogP contribution in [0.5, 0.6) is 0 Å². The van der Waals surface area contributed by atoms with Crippen LogP contribution in [0.15, 0.2) is 35.2 Å². The van der Waals surface area contributed by atoms with Crippen molar-refractivity contribution in [2.24, 2.45) is 5.92 Å². The first-order valence-electron chi connectivity index (χ1n) is 7.55. The Hall–Kier alpha value is -0.220. The van der Waals surface area contributed by atoms with Gasteiger partial charge in [-0.05, 0) is 45.2 Å². The summed E-state index contributed by atoms with van der Waals surface area (Å²) in [5.41, 5.74) is -0.353. The summed E-state index contributed by atoms with van der Waals surface area (Å²) in [7, 11) is 0. The maximum Gasteiger partial charge on any atom is 0.164 e. The van der Waals surface area contributed by atoms with Gasteiger partial charge in [-0.2, -0.15) is 0 Å². The summed E-state index contributed by atoms with van der Waals surface area (Å²) in [5.74, 6) is -0.128. The summed E-state index contributed by atoms with van der Waals surface area (Å²) in [6.07, 6.45) is 1.06. The predicted molar refractivity (Wildman–Crippen MR) is 88.0 cm³/mol. The molecule has 21 heavy (non-hydrogen) atoms. The van der Waals surface area contributed by atoms with Crippen molar-refractivity contribution < 1.29 is 9.47 Å². The third-order valence-electron chi connectivity index (χ3n) is 4.45. The van der Waals surface area contributed by atoms with Crippen LogP contribution in [0, 0.1) is 5.92 Å². The van der Waals surface area contributed by atoms with Crippen LogP contribution >= 0.6 is 23.4 Å². The second kappa shape index (κ2) is 5.45. The SMILES string of the molecule is C[C@H]1C[C@H](Cl)[C@@H](Sc2ccccc2)[C@@]2(C)OC(C)(C)O[C@@H]12. The molecule has 1 saturated carbocycles. The van der Waals surface area contributed by atoms with Gasteiger partial charge in [0, 0.05) is 10.3 Å². The van der Waals surface area contributed by atoms with E-state index in [0.29, 0.717) is 5.92 Å². The molecular weight excluding hydrogens is 304 g/mol. The second-order valence-corrected chi connectivity index (χ2v) is 8.58. The average Bonchev–Trinajstić information content (AvgIpc) is 2.67. The van der Waals surface area contributed by atoms with E-state index in [9.17, 15) is 0 Å². The van der Waals surface area contributed by atoms with E-state index in [4.69, 9.17) is 21.1 Å². The zero-order valence-corrected chi connectivity index (χ0v) is 14.6. The zero-order chi connectivity index (χ0) is 15.3. The number of thioether (sulfide) groups is 1. The summed E-state index contributed by atoms with van der Waals surface area (Å²) in [6, 6.07) is 10.4. The van der Waals surface area contributed by atoms with Crippen LogP contribution in [-0.2, 0) is 9.47 Å². The van der Waals surface area contributed by atoms with Gasteiger partial charge in [-0.15, -0.1) is 23.4 Å². The van der Waals surface area contributed by atoms with Crippen LogP contribution in [0.4, 0.5) is 0 Å². The van der Waals surface area contributed by atoms with Crippen molar-refractivity contribution in [3.8, 4) is 0 Å². The number of rotatable bonds is 2. The maximum absolute atomic E-state index is 6.72. The lowest BCUT2D eigenvalue weighted by Crippen LogP contribution is -2.57. The smallest absolute Gasteiger partial charge is 0.164 e. The molecule has 4 heteroatoms. The largest absolute Gasteiger partial charge is 0.344 e. The fourth-order valence-electron chi connectivity index (χ4n) is 3.73. The van der Waals surface area contributed by atoms with Crippen molar-refractivity contribution in [3.63, 3.8) is 0 Å². The molecule has 1 aliphatic carbocycles. The van der Waals surface area contributed by atoms with Gasteiger partial charge in [0.25, 0.3) is 0 Å². The maximum atomic E-state index is 6.72. The van der Waals surface area contributed by atoms with Crippen LogP contribution in [0.25, 0.3) is 0 Å². The second-order valence-electron chi connectivity index (χ2n) is 6.80. The summed E-state index contributed by atoms with van der Waals surface area (Å²) in [4.78, 5) is 1.23. The molecule has 1 aliphatic heterocycles. The van der Waals surface area contributed by atoms with E-state index in [0.717, 1.165) is 6.42 Å². The molecule has 2 fully saturated rings. The third kappa shape index (κ3) is 2.86. The van der Waals surface area contributed by atoms with E-state index < -0.39 is 5.79 Å². The number of ether oxygens (including phenoxy) is 2. The molecule has 2 aliphatic rings. The zero-order valence-electron chi connectivity index (χ0n) is 13.0. The number of halogens is 1. The molecule has 5 atom stereocenters. The van der Waals surface area contributed by atoms with Crippen molar-refractivity contribution in [3.05, 3.63) is 30.3 Å². The van der Waals surface area contributed by atoms with Crippen molar-refractivity contribution in [1.29, 1.82) is 0 Å². The van der Waals surface area contributed by atoms with Crippen molar-refractivity contribution in [1.82, 2.24) is 0 Å². The predicted octanol–water partition coefficient (Wildman–Crippen LogP) is 4.70. The number of hydrogen-bond donors (Lipinski definition) is 0. The van der Waals surface area contributed by atoms with E-state index in [1.54, 1.807) is 0 Å². The highest BCUT2D eigenvalue weighted by Crippen LogP contribution is 2.53. The van der Waals surface area contributed by atoms with Gasteiger partial charge >= 0.3 is 0 Å². The molecule has 1 aromatic rings. The molecule has 0 radical (unpaired) electrons. The van der Waals surface area contributed by atoms with Gasteiger partial charge in [-0.25, -0.2) is 0 Å². The molecule has 1 aromatic carbocycles. The van der Waals surface area contributed by atoms with Crippen molar-refractivity contribution in [2.45, 2.75) is 67.1 Å². The quantitative estimate of drug-likeness (QED) is 0.734. The van der Waals surface area contributed by atoms with Crippen LogP contribution in [0.1, 0.15) is 34.1 Å². The average molecular weight is 327 g/mol. The lowest BCUT2D eigenvalue weighted by atomic mass is 9.76. The van der Waals surface area contributed by atoms with Gasteiger partial charge in [0.05, 0.1) is 11.4 Å². The van der Waals surface area contributed by atoms with Crippen LogP contribution in [0.2, 0.25) is 0 Å². The fraction of sp³-hybridized carbons (Fsp3) is 0.647. The standard InChI is InChI=1S/C17H23ClO2S/c1-11-10-13(18)15(21-12-8-6-5-7-9-12)17(4)14(11)19-16(2,3)20-17/h5-9,11,13-15H,10H2,1-4H3/t11-,13-,14-,15+,17-/m0/s1. The first-order chi connectivity index (χ1) is 9.82. The Morgan fingerprint density at radius 3 is 2.52 bits per heavy atom. The minimum atomic E-state index is -0.538. The molecule has 0 spiro atoms. The molecule has 0 aromatic heterocycles. The Bertz CT molecular complexity index is 507. The highest BCUT2D eigenvalue weighted by atomic mass is 35.5. The molecular formula is C17H23ClO2S. The third-order valence-corrected chi connectivity index (χ3v) is 6.63. The van der Waals surface area contributed by atoms with E-state index in [1.165, 1.54) is 4.90 Å². The van der Waals surface area contributed by atoms with E-state index in [-0.39, 0.29) is 22.3 Å². The van der Waals surface area contributed by atoms with E-state index in [1.807, 2.05) is 31.7 Å². The van der Waals surface area contributed by atoms with Crippen LogP contribution in [0.3, 0.4) is 0 Å². The number of fused-ring (bicyclic) bond motifs is 1. The number of alkyl halides is 1. The molecule has 3 rings (SSSR count). The van der Waals surface area contributed by atoms with Crippen LogP contribution in [-0.4, -0.2) is 28.1 Å². The Balaban J connectivity index is 1.91. The molecule has 0 amide bonds. The summed E-state index contributed by atoms with van der Waals surface area (Å²) in [6.45, 7) is 8.37. The molecule has 0 N–H and O–H groups in total. The topological polar surface area (TPSA) is 18.5 Å². The Morgan fingerprint density at radius 1 is 1.19 bits per heavy atom. The van der Waals surface area contributed by atoms with Crippen molar-refractivity contribution in [2.75, 3.05) is 0 Å². The Kier molecular flexibility index (Phi) is 4.07. The first-order valence-corrected chi connectivity index (χ1v) is 8.87. The van der Waals surface area contributed by atoms with Gasteiger partial charge in [0.2, 0.25) is 0 Å². The first kappa shape index (κ1) is 15.7. The molecule has 1 heterocycles.